The molecule has 50 heavy (non-hydrogen) atoms. The van der Waals surface area contributed by atoms with Crippen molar-refractivity contribution in [3.8, 4) is 11.1 Å². The molecule has 5 aromatic rings. The second kappa shape index (κ2) is 14.5. The zero-order valence-electron chi connectivity index (χ0n) is 26.5. The molecule has 3 N–H and O–H groups in total. The fraction of sp³-hybridized carbons (Fsp3) is 0.250. The van der Waals surface area contributed by atoms with E-state index in [9.17, 15) is 22.8 Å². The zero-order valence-corrected chi connectivity index (χ0v) is 26.5. The Morgan fingerprint density at radius 3 is 2.44 bits per heavy atom. The van der Waals surface area contributed by atoms with Crippen LogP contribution in [0.4, 0.5) is 22.0 Å². The number of nitrogens with zero attached hydrogens (tertiary/aromatic N) is 4. The van der Waals surface area contributed by atoms with Gasteiger partial charge in [-0.3, -0.25) is 24.2 Å². The fourth-order valence-electron chi connectivity index (χ4n) is 6.14. The highest BCUT2D eigenvalue weighted by atomic mass is 19.3. The van der Waals surface area contributed by atoms with Crippen molar-refractivity contribution in [3.05, 3.63) is 136 Å². The van der Waals surface area contributed by atoms with Crippen molar-refractivity contribution >= 4 is 11.8 Å². The largest absolute Gasteiger partial charge is 0.400 e. The lowest BCUT2D eigenvalue weighted by molar-refractivity contribution is -0.261. The number of primary amides is 1. The van der Waals surface area contributed by atoms with Gasteiger partial charge in [0, 0.05) is 29.6 Å². The van der Waals surface area contributed by atoms with Crippen LogP contribution in [0.25, 0.3) is 11.1 Å². The van der Waals surface area contributed by atoms with Crippen molar-refractivity contribution in [2.75, 3.05) is 0 Å². The van der Waals surface area contributed by atoms with Crippen LogP contribution in [0.3, 0.4) is 0 Å². The van der Waals surface area contributed by atoms with Crippen LogP contribution in [0.5, 0.6) is 0 Å². The van der Waals surface area contributed by atoms with Gasteiger partial charge in [-0.25, -0.2) is 13.2 Å². The molecule has 1 aliphatic carbocycles. The lowest BCUT2D eigenvalue weighted by Gasteiger charge is -2.23. The molecule has 0 saturated heterocycles. The number of pyridine rings is 2. The summed E-state index contributed by atoms with van der Waals surface area (Å²) in [6, 6.07) is 13.5. The molecule has 0 aliphatic heterocycles. The molecule has 2 amide bonds. The van der Waals surface area contributed by atoms with Crippen molar-refractivity contribution in [1.82, 2.24) is 25.1 Å². The Morgan fingerprint density at radius 1 is 0.940 bits per heavy atom. The van der Waals surface area contributed by atoms with Crippen LogP contribution in [-0.4, -0.2) is 31.6 Å². The minimum Gasteiger partial charge on any atom is -0.366 e. The van der Waals surface area contributed by atoms with Gasteiger partial charge in [-0.2, -0.15) is 13.9 Å². The third kappa shape index (κ3) is 7.70. The molecule has 14 heteroatoms. The van der Waals surface area contributed by atoms with Gasteiger partial charge in [0.2, 0.25) is 5.91 Å². The van der Waals surface area contributed by atoms with Gasteiger partial charge in [0.15, 0.2) is 0 Å². The number of fused-ring (bicyclic) bond motifs is 1. The summed E-state index contributed by atoms with van der Waals surface area (Å²) >= 11 is 0. The molecule has 0 bridgehead atoms. The Kier molecular flexibility index (Phi) is 10.00. The van der Waals surface area contributed by atoms with Crippen molar-refractivity contribution in [3.63, 3.8) is 0 Å². The second-order valence-electron chi connectivity index (χ2n) is 11.9. The Balaban J connectivity index is 1.34. The first kappa shape index (κ1) is 34.4. The SMILES string of the molecule is NC(=O)c1cc(-c2cccnc2C(Cc2cc(F)cc(F)c2)NC(=O)Cn2nc3c(c2C(F)(F)OCc2ccccn2)CCCC3)ccc1F. The summed E-state index contributed by atoms with van der Waals surface area (Å²) in [5, 5.41) is 7.16. The van der Waals surface area contributed by atoms with Crippen LogP contribution in [0.15, 0.2) is 79.1 Å². The number of amides is 2. The number of aromatic nitrogens is 4. The minimum absolute atomic E-state index is 0.158. The van der Waals surface area contributed by atoms with E-state index in [-0.39, 0.29) is 28.9 Å². The number of rotatable bonds is 12. The lowest BCUT2D eigenvalue weighted by atomic mass is 9.94. The zero-order chi connectivity index (χ0) is 35.4. The van der Waals surface area contributed by atoms with E-state index in [1.807, 2.05) is 0 Å². The Bertz CT molecular complexity index is 2020. The van der Waals surface area contributed by atoms with E-state index in [1.54, 1.807) is 30.3 Å². The van der Waals surface area contributed by atoms with Gasteiger partial charge >= 0.3 is 6.11 Å². The first-order valence-corrected chi connectivity index (χ1v) is 15.8. The first-order valence-electron chi connectivity index (χ1n) is 15.8. The van der Waals surface area contributed by atoms with Gasteiger partial charge in [-0.05, 0) is 85.7 Å². The lowest BCUT2D eigenvalue weighted by Crippen LogP contribution is -2.35. The average Bonchev–Trinajstić information content (AvgIpc) is 3.46. The molecule has 3 aromatic heterocycles. The molecule has 1 atom stereocenters. The number of alkyl halides is 2. The smallest absolute Gasteiger partial charge is 0.366 e. The number of nitrogens with two attached hydrogens (primary N) is 1. The van der Waals surface area contributed by atoms with Gasteiger partial charge < -0.3 is 15.8 Å². The van der Waals surface area contributed by atoms with Gasteiger partial charge in [0.1, 0.15) is 29.7 Å². The number of hydrogen-bond acceptors (Lipinski definition) is 6. The molecule has 0 radical (unpaired) electrons. The third-order valence-corrected chi connectivity index (χ3v) is 8.33. The summed E-state index contributed by atoms with van der Waals surface area (Å²) in [7, 11) is 0. The van der Waals surface area contributed by atoms with E-state index in [0.717, 1.165) is 29.3 Å². The van der Waals surface area contributed by atoms with E-state index < -0.39 is 60.3 Å². The molecular weight excluding hydrogens is 659 g/mol. The Morgan fingerprint density at radius 2 is 1.70 bits per heavy atom. The van der Waals surface area contributed by atoms with Crippen LogP contribution >= 0.6 is 0 Å². The molecule has 1 unspecified atom stereocenters. The molecule has 6 rings (SSSR count). The number of carbonyl (C=O) groups is 2. The van der Waals surface area contributed by atoms with Crippen LogP contribution in [0, 0.1) is 17.5 Å². The maximum Gasteiger partial charge on any atom is 0.400 e. The topological polar surface area (TPSA) is 125 Å². The third-order valence-electron chi connectivity index (χ3n) is 8.33. The van der Waals surface area contributed by atoms with Gasteiger partial charge in [0.05, 0.1) is 35.3 Å². The maximum absolute atomic E-state index is 15.8. The fourth-order valence-corrected chi connectivity index (χ4v) is 6.14. The average molecular weight is 691 g/mol. The Hall–Kier alpha value is -5.50. The van der Waals surface area contributed by atoms with E-state index in [1.165, 1.54) is 24.5 Å². The number of ether oxygens (including phenoxy) is 1. The molecule has 1 aliphatic rings. The highest BCUT2D eigenvalue weighted by Crippen LogP contribution is 2.37. The first-order chi connectivity index (χ1) is 24.0. The highest BCUT2D eigenvalue weighted by molar-refractivity contribution is 5.94. The summed E-state index contributed by atoms with van der Waals surface area (Å²) in [5.41, 5.74) is 6.51. The summed E-state index contributed by atoms with van der Waals surface area (Å²) in [4.78, 5) is 34.1. The quantitative estimate of drug-likeness (QED) is 0.153. The predicted molar refractivity (Wildman–Crippen MR) is 171 cm³/mol. The standard InChI is InChI=1S/C36H31F5N6O3/c37-23-14-21(15-24(38)18-23)16-31(33-26(8-5-13-44-33)22-10-11-29(39)28(17-22)35(42)49)45-32(48)19-47-34(27-7-1-2-9-30(27)46-47)36(40,41)50-20-25-6-3-4-12-43-25/h3-6,8,10-15,17-18,31H,1-2,7,9,16,19-20H2,(H2,42,49)(H,45,48). The molecule has 0 spiro atoms. The molecule has 0 fully saturated rings. The Labute approximate surface area is 283 Å². The number of aryl methyl sites for hydroxylation is 1. The van der Waals surface area contributed by atoms with E-state index >= 15 is 8.78 Å². The van der Waals surface area contributed by atoms with Crippen LogP contribution in [0.1, 0.15) is 63.1 Å². The maximum atomic E-state index is 15.8. The summed E-state index contributed by atoms with van der Waals surface area (Å²) in [6.45, 7) is -1.14. The molecule has 2 aromatic carbocycles. The summed E-state index contributed by atoms with van der Waals surface area (Å²) in [5.74, 6) is -4.31. The number of benzene rings is 2. The van der Waals surface area contributed by atoms with Gasteiger partial charge in [-0.1, -0.05) is 18.2 Å². The molecule has 0 saturated carbocycles. The monoisotopic (exact) mass is 690 g/mol. The number of carbonyl (C=O) groups excluding carboxylic acids is 2. The van der Waals surface area contributed by atoms with E-state index in [0.29, 0.717) is 47.7 Å². The molecular formula is C36H31F5N6O3. The highest BCUT2D eigenvalue weighted by Gasteiger charge is 2.42. The minimum atomic E-state index is -3.83. The predicted octanol–water partition coefficient (Wildman–Crippen LogP) is 6.10. The number of nitrogens with one attached hydrogen (secondary N) is 1. The van der Waals surface area contributed by atoms with Crippen molar-refractivity contribution in [2.45, 2.75) is 57.4 Å². The van der Waals surface area contributed by atoms with Crippen molar-refractivity contribution in [1.29, 1.82) is 0 Å². The van der Waals surface area contributed by atoms with Crippen LogP contribution in [-0.2, 0) is 48.1 Å². The molecule has 258 valence electrons. The summed E-state index contributed by atoms with van der Waals surface area (Å²) in [6.07, 6.45) is 1.04. The van der Waals surface area contributed by atoms with Crippen molar-refractivity contribution in [2.24, 2.45) is 5.73 Å². The molecule has 9 nitrogen and oxygen atoms in total. The normalized spacial score (nSPS) is 13.5. The van der Waals surface area contributed by atoms with E-state index in [4.69, 9.17) is 10.5 Å². The second-order valence-corrected chi connectivity index (χ2v) is 11.9. The number of hydrogen-bond donors (Lipinski definition) is 2. The van der Waals surface area contributed by atoms with E-state index in [2.05, 4.69) is 20.4 Å². The van der Waals surface area contributed by atoms with Gasteiger partial charge in [-0.15, -0.1) is 0 Å². The van der Waals surface area contributed by atoms with Crippen LogP contribution in [0.2, 0.25) is 0 Å². The molecule has 3 heterocycles. The van der Waals surface area contributed by atoms with Crippen LogP contribution < -0.4 is 11.1 Å². The number of halogens is 5. The van der Waals surface area contributed by atoms with Gasteiger partial charge in [0.25, 0.3) is 5.91 Å². The van der Waals surface area contributed by atoms with Crippen molar-refractivity contribution < 1.29 is 36.3 Å². The summed E-state index contributed by atoms with van der Waals surface area (Å²) < 4.78 is 80.5.